The monoisotopic (exact) mass is 347 g/mol. The maximum atomic E-state index is 12.0. The van der Waals surface area contributed by atoms with Crippen molar-refractivity contribution < 1.29 is 23.8 Å². The van der Waals surface area contributed by atoms with Gasteiger partial charge in [0.25, 0.3) is 5.91 Å². The topological polar surface area (TPSA) is 73.9 Å². The zero-order valence-corrected chi connectivity index (χ0v) is 13.6. The van der Waals surface area contributed by atoms with Crippen LogP contribution in [-0.4, -0.2) is 25.1 Å². The molecule has 0 unspecified atom stereocenters. The minimum Gasteiger partial charge on any atom is -0.484 e. The summed E-state index contributed by atoms with van der Waals surface area (Å²) in [5, 5.41) is 2.99. The van der Waals surface area contributed by atoms with E-state index in [2.05, 4.69) is 5.32 Å². The number of benzene rings is 2. The number of ketones is 1. The van der Waals surface area contributed by atoms with Gasteiger partial charge in [0.1, 0.15) is 5.75 Å². The van der Waals surface area contributed by atoms with Crippen LogP contribution >= 0.6 is 11.6 Å². The fourth-order valence-corrected chi connectivity index (χ4v) is 2.35. The second kappa shape index (κ2) is 6.80. The van der Waals surface area contributed by atoms with Gasteiger partial charge in [0.05, 0.1) is 10.7 Å². The molecule has 0 aromatic heterocycles. The first-order valence-corrected chi connectivity index (χ1v) is 7.53. The number of carbonyl (C=O) groups excluding carboxylic acids is 2. The Morgan fingerprint density at radius 1 is 1.21 bits per heavy atom. The standard InChI is InChI=1S/C17H14ClNO5/c1-10(20)11-3-2-4-12(5-11)22-8-17(21)19-14-7-16-15(6-13(14)18)23-9-24-16/h2-7H,8-9H2,1H3,(H,19,21). The normalized spacial score (nSPS) is 11.9. The zero-order chi connectivity index (χ0) is 17.1. The number of fused-ring (bicyclic) bond motifs is 1. The summed E-state index contributed by atoms with van der Waals surface area (Å²) < 4.78 is 15.8. The summed E-state index contributed by atoms with van der Waals surface area (Å²) in [7, 11) is 0. The Hall–Kier alpha value is -2.73. The molecule has 6 nitrogen and oxygen atoms in total. The Balaban J connectivity index is 1.62. The van der Waals surface area contributed by atoms with Crippen molar-refractivity contribution in [3.8, 4) is 17.2 Å². The van der Waals surface area contributed by atoms with Gasteiger partial charge in [-0.3, -0.25) is 9.59 Å². The van der Waals surface area contributed by atoms with Gasteiger partial charge < -0.3 is 19.5 Å². The van der Waals surface area contributed by atoms with E-state index in [1.165, 1.54) is 6.92 Å². The molecule has 0 bridgehead atoms. The van der Waals surface area contributed by atoms with Crippen molar-refractivity contribution in [3.05, 3.63) is 47.0 Å². The highest BCUT2D eigenvalue weighted by Crippen LogP contribution is 2.39. The molecule has 0 aliphatic carbocycles. The molecule has 124 valence electrons. The summed E-state index contributed by atoms with van der Waals surface area (Å²) in [6.07, 6.45) is 0. The van der Waals surface area contributed by atoms with Gasteiger partial charge in [-0.1, -0.05) is 23.7 Å². The predicted octanol–water partition coefficient (Wildman–Crippen LogP) is 3.29. The second-order valence-electron chi connectivity index (χ2n) is 5.11. The highest BCUT2D eigenvalue weighted by molar-refractivity contribution is 6.34. The first-order valence-electron chi connectivity index (χ1n) is 7.16. The summed E-state index contributed by atoms with van der Waals surface area (Å²) in [4.78, 5) is 23.4. The summed E-state index contributed by atoms with van der Waals surface area (Å²) in [5.41, 5.74) is 0.929. The van der Waals surface area contributed by atoms with E-state index < -0.39 is 0 Å². The lowest BCUT2D eigenvalue weighted by Crippen LogP contribution is -2.20. The Morgan fingerprint density at radius 2 is 1.96 bits per heavy atom. The van der Waals surface area contributed by atoms with Crippen LogP contribution in [0.25, 0.3) is 0 Å². The maximum Gasteiger partial charge on any atom is 0.262 e. The summed E-state index contributed by atoms with van der Waals surface area (Å²) in [6.45, 7) is 1.37. The van der Waals surface area contributed by atoms with Crippen molar-refractivity contribution in [2.45, 2.75) is 6.92 Å². The quantitative estimate of drug-likeness (QED) is 0.840. The van der Waals surface area contributed by atoms with E-state index in [4.69, 9.17) is 25.8 Å². The Bertz CT molecular complexity index is 806. The number of hydrogen-bond acceptors (Lipinski definition) is 5. The number of Topliss-reactive ketones (excluding diaryl/α,β-unsaturated/α-hetero) is 1. The molecular weight excluding hydrogens is 334 g/mol. The number of nitrogens with one attached hydrogen (secondary N) is 1. The lowest BCUT2D eigenvalue weighted by molar-refractivity contribution is -0.118. The highest BCUT2D eigenvalue weighted by atomic mass is 35.5. The highest BCUT2D eigenvalue weighted by Gasteiger charge is 2.17. The Kier molecular flexibility index (Phi) is 4.57. The first-order chi connectivity index (χ1) is 11.5. The van der Waals surface area contributed by atoms with Crippen LogP contribution in [0.3, 0.4) is 0 Å². The minimum atomic E-state index is -0.385. The van der Waals surface area contributed by atoms with Crippen LogP contribution < -0.4 is 19.5 Å². The van der Waals surface area contributed by atoms with E-state index >= 15 is 0 Å². The predicted molar refractivity (Wildman–Crippen MR) is 88.1 cm³/mol. The van der Waals surface area contributed by atoms with Crippen LogP contribution in [0.4, 0.5) is 5.69 Å². The van der Waals surface area contributed by atoms with Crippen LogP contribution in [0, 0.1) is 0 Å². The second-order valence-corrected chi connectivity index (χ2v) is 5.51. The van der Waals surface area contributed by atoms with Crippen molar-refractivity contribution in [3.63, 3.8) is 0 Å². The van der Waals surface area contributed by atoms with Crippen LogP contribution in [0.15, 0.2) is 36.4 Å². The van der Waals surface area contributed by atoms with E-state index in [1.54, 1.807) is 36.4 Å². The molecule has 0 fully saturated rings. The third-order valence-electron chi connectivity index (χ3n) is 3.35. The number of halogens is 1. The molecule has 2 aromatic carbocycles. The molecule has 0 saturated carbocycles. The molecule has 1 amide bonds. The third-order valence-corrected chi connectivity index (χ3v) is 3.66. The number of rotatable bonds is 5. The molecule has 1 aliphatic heterocycles. The molecular formula is C17H14ClNO5. The Labute approximate surface area is 143 Å². The van der Waals surface area contributed by atoms with E-state index in [0.29, 0.717) is 33.5 Å². The molecule has 0 atom stereocenters. The summed E-state index contributed by atoms with van der Waals surface area (Å²) in [5.74, 6) is 1.04. The van der Waals surface area contributed by atoms with Gasteiger partial charge in [0, 0.05) is 17.7 Å². The lowest BCUT2D eigenvalue weighted by Gasteiger charge is -2.10. The SMILES string of the molecule is CC(=O)c1cccc(OCC(=O)Nc2cc3c(cc2Cl)OCO3)c1. The minimum absolute atomic E-state index is 0.0722. The number of ether oxygens (including phenoxy) is 3. The van der Waals surface area contributed by atoms with Crippen molar-refractivity contribution in [2.75, 3.05) is 18.7 Å². The average molecular weight is 348 g/mol. The van der Waals surface area contributed by atoms with Gasteiger partial charge in [-0.25, -0.2) is 0 Å². The molecule has 2 aromatic rings. The van der Waals surface area contributed by atoms with Gasteiger partial charge in [0.2, 0.25) is 6.79 Å². The molecule has 0 spiro atoms. The molecule has 0 saturated heterocycles. The number of anilines is 1. The van der Waals surface area contributed by atoms with E-state index in [-0.39, 0.29) is 25.1 Å². The molecule has 7 heteroatoms. The van der Waals surface area contributed by atoms with Crippen molar-refractivity contribution >= 4 is 29.0 Å². The fraction of sp³-hybridized carbons (Fsp3) is 0.176. The number of hydrogen-bond donors (Lipinski definition) is 1. The summed E-state index contributed by atoms with van der Waals surface area (Å²) in [6, 6.07) is 9.81. The van der Waals surface area contributed by atoms with Gasteiger partial charge in [-0.2, -0.15) is 0 Å². The molecule has 3 rings (SSSR count). The van der Waals surface area contributed by atoms with Crippen LogP contribution in [0.5, 0.6) is 17.2 Å². The molecule has 1 heterocycles. The average Bonchev–Trinajstić information content (AvgIpc) is 3.00. The first kappa shape index (κ1) is 16.1. The zero-order valence-electron chi connectivity index (χ0n) is 12.8. The van der Waals surface area contributed by atoms with Gasteiger partial charge in [-0.05, 0) is 19.1 Å². The van der Waals surface area contributed by atoms with Crippen LogP contribution in [0.1, 0.15) is 17.3 Å². The molecule has 0 radical (unpaired) electrons. The fourth-order valence-electron chi connectivity index (χ4n) is 2.15. The third kappa shape index (κ3) is 3.60. The summed E-state index contributed by atoms with van der Waals surface area (Å²) >= 11 is 6.10. The molecule has 1 N–H and O–H groups in total. The van der Waals surface area contributed by atoms with Crippen LogP contribution in [0.2, 0.25) is 5.02 Å². The van der Waals surface area contributed by atoms with Crippen molar-refractivity contribution in [2.24, 2.45) is 0 Å². The number of amides is 1. The van der Waals surface area contributed by atoms with Gasteiger partial charge >= 0.3 is 0 Å². The van der Waals surface area contributed by atoms with E-state index in [0.717, 1.165) is 0 Å². The van der Waals surface area contributed by atoms with Gasteiger partial charge in [0.15, 0.2) is 23.9 Å². The van der Waals surface area contributed by atoms with Crippen LogP contribution in [-0.2, 0) is 4.79 Å². The number of carbonyl (C=O) groups is 2. The molecule has 1 aliphatic rings. The maximum absolute atomic E-state index is 12.0. The largest absolute Gasteiger partial charge is 0.484 e. The van der Waals surface area contributed by atoms with Crippen molar-refractivity contribution in [1.82, 2.24) is 0 Å². The smallest absolute Gasteiger partial charge is 0.262 e. The van der Waals surface area contributed by atoms with Gasteiger partial charge in [-0.15, -0.1) is 0 Å². The van der Waals surface area contributed by atoms with E-state index in [1.807, 2.05) is 0 Å². The van der Waals surface area contributed by atoms with E-state index in [9.17, 15) is 9.59 Å². The Morgan fingerprint density at radius 3 is 2.71 bits per heavy atom. The van der Waals surface area contributed by atoms with Crippen molar-refractivity contribution in [1.29, 1.82) is 0 Å². The molecule has 24 heavy (non-hydrogen) atoms. The lowest BCUT2D eigenvalue weighted by atomic mass is 10.1.